The van der Waals surface area contributed by atoms with Gasteiger partial charge < -0.3 is 19.9 Å². The maximum Gasteiger partial charge on any atom is 0.286 e. The number of unbranched alkanes of at least 4 members (excludes halogenated alkanes) is 1. The Labute approximate surface area is 133 Å². The molecule has 0 spiro atoms. The topological polar surface area (TPSA) is 67.8 Å². The van der Waals surface area contributed by atoms with Crippen LogP contribution in [0.1, 0.15) is 58.3 Å². The Morgan fingerprint density at radius 1 is 1.36 bits per heavy atom. The van der Waals surface area contributed by atoms with E-state index in [0.29, 0.717) is 12.4 Å². The van der Waals surface area contributed by atoms with Crippen LogP contribution < -0.4 is 5.32 Å². The van der Waals surface area contributed by atoms with Crippen molar-refractivity contribution in [3.05, 3.63) is 11.8 Å². The van der Waals surface area contributed by atoms with Crippen molar-refractivity contribution in [1.82, 2.24) is 5.32 Å². The average Bonchev–Trinajstić information content (AvgIpc) is 2.52. The van der Waals surface area contributed by atoms with Gasteiger partial charge in [0.2, 0.25) is 6.29 Å². The second-order valence-corrected chi connectivity index (χ2v) is 6.40. The molecule has 0 saturated heterocycles. The lowest BCUT2D eigenvalue weighted by Gasteiger charge is -2.29. The van der Waals surface area contributed by atoms with Gasteiger partial charge in [-0.1, -0.05) is 26.2 Å². The monoisotopic (exact) mass is 311 g/mol. The number of allylic oxidation sites excluding steroid dienone is 1. The van der Waals surface area contributed by atoms with E-state index in [1.54, 1.807) is 0 Å². The minimum atomic E-state index is -0.356. The maximum atomic E-state index is 12.3. The highest BCUT2D eigenvalue weighted by molar-refractivity contribution is 5.91. The number of hydrogen-bond acceptors (Lipinski definition) is 4. The van der Waals surface area contributed by atoms with Crippen molar-refractivity contribution in [1.29, 1.82) is 0 Å². The van der Waals surface area contributed by atoms with Crippen LogP contribution in [0.25, 0.3) is 0 Å². The molecule has 5 nitrogen and oxygen atoms in total. The van der Waals surface area contributed by atoms with Crippen LogP contribution in [0.4, 0.5) is 0 Å². The summed E-state index contributed by atoms with van der Waals surface area (Å²) in [6.07, 6.45) is 9.62. The van der Waals surface area contributed by atoms with Gasteiger partial charge in [0.15, 0.2) is 5.76 Å². The summed E-state index contributed by atoms with van der Waals surface area (Å²) in [5.41, 5.74) is 0. The molecule has 0 unspecified atom stereocenters. The third-order valence-corrected chi connectivity index (χ3v) is 4.28. The molecule has 2 atom stereocenters. The van der Waals surface area contributed by atoms with Gasteiger partial charge in [-0.2, -0.15) is 0 Å². The predicted octanol–water partition coefficient (Wildman–Crippen LogP) is 2.49. The lowest BCUT2D eigenvalue weighted by Crippen LogP contribution is -2.39. The maximum absolute atomic E-state index is 12.3. The SMILES string of the molecule is C[C@@H]1C=C(C(=O)NC2CCCCC2)O[C@H](OCCCCO)C1. The molecule has 0 radical (unpaired) electrons. The number of aliphatic hydroxyl groups is 1. The second kappa shape index (κ2) is 9.16. The summed E-state index contributed by atoms with van der Waals surface area (Å²) >= 11 is 0. The van der Waals surface area contributed by atoms with Crippen molar-refractivity contribution in [3.63, 3.8) is 0 Å². The number of aliphatic hydroxyl groups excluding tert-OH is 1. The minimum absolute atomic E-state index is 0.109. The molecule has 22 heavy (non-hydrogen) atoms. The number of nitrogens with one attached hydrogen (secondary N) is 1. The van der Waals surface area contributed by atoms with Crippen molar-refractivity contribution < 1.29 is 19.4 Å². The highest BCUT2D eigenvalue weighted by atomic mass is 16.7. The molecular formula is C17H29NO4. The lowest BCUT2D eigenvalue weighted by atomic mass is 9.95. The quantitative estimate of drug-likeness (QED) is 0.709. The molecule has 1 fully saturated rings. The molecular weight excluding hydrogens is 282 g/mol. The normalized spacial score (nSPS) is 26.2. The summed E-state index contributed by atoms with van der Waals surface area (Å²) in [5.74, 6) is 0.558. The van der Waals surface area contributed by atoms with Crippen LogP contribution in [0.2, 0.25) is 0 Å². The van der Waals surface area contributed by atoms with E-state index in [1.807, 2.05) is 6.08 Å². The smallest absolute Gasteiger partial charge is 0.286 e. The van der Waals surface area contributed by atoms with Crippen LogP contribution in [-0.4, -0.2) is 36.6 Å². The summed E-state index contributed by atoms with van der Waals surface area (Å²) in [7, 11) is 0. The Hall–Kier alpha value is -1.07. The first kappa shape index (κ1) is 17.3. The van der Waals surface area contributed by atoms with Gasteiger partial charge in [0.1, 0.15) is 0 Å². The van der Waals surface area contributed by atoms with E-state index < -0.39 is 0 Å². The van der Waals surface area contributed by atoms with Gasteiger partial charge in [0.05, 0.1) is 6.61 Å². The van der Waals surface area contributed by atoms with Gasteiger partial charge in [-0.15, -0.1) is 0 Å². The van der Waals surface area contributed by atoms with E-state index in [0.717, 1.165) is 32.1 Å². The molecule has 2 rings (SSSR count). The van der Waals surface area contributed by atoms with Crippen LogP contribution >= 0.6 is 0 Å². The third-order valence-electron chi connectivity index (χ3n) is 4.28. The van der Waals surface area contributed by atoms with Crippen LogP contribution in [0.15, 0.2) is 11.8 Å². The van der Waals surface area contributed by atoms with Gasteiger partial charge in [-0.3, -0.25) is 4.79 Å². The Kier molecular flexibility index (Phi) is 7.19. The van der Waals surface area contributed by atoms with Crippen LogP contribution in [0.3, 0.4) is 0 Å². The molecule has 1 saturated carbocycles. The molecule has 0 aromatic rings. The Morgan fingerprint density at radius 2 is 2.14 bits per heavy atom. The number of carbonyl (C=O) groups is 1. The van der Waals surface area contributed by atoms with E-state index in [1.165, 1.54) is 19.3 Å². The Balaban J connectivity index is 1.79. The van der Waals surface area contributed by atoms with E-state index >= 15 is 0 Å². The first-order valence-electron chi connectivity index (χ1n) is 8.61. The fourth-order valence-electron chi connectivity index (χ4n) is 3.02. The largest absolute Gasteiger partial charge is 0.459 e. The molecule has 1 heterocycles. The first-order valence-corrected chi connectivity index (χ1v) is 8.61. The van der Waals surface area contributed by atoms with Gasteiger partial charge >= 0.3 is 0 Å². The van der Waals surface area contributed by atoms with Gasteiger partial charge in [0, 0.05) is 19.1 Å². The molecule has 1 aliphatic carbocycles. The third kappa shape index (κ3) is 5.61. The number of carbonyl (C=O) groups excluding carboxylic acids is 1. The first-order chi connectivity index (χ1) is 10.7. The Morgan fingerprint density at radius 3 is 2.86 bits per heavy atom. The number of ether oxygens (including phenoxy) is 2. The zero-order valence-electron chi connectivity index (χ0n) is 13.6. The highest BCUT2D eigenvalue weighted by Crippen LogP contribution is 2.24. The van der Waals surface area contributed by atoms with Crippen molar-refractivity contribution in [2.24, 2.45) is 5.92 Å². The van der Waals surface area contributed by atoms with Gasteiger partial charge in [0.25, 0.3) is 5.91 Å². The van der Waals surface area contributed by atoms with E-state index in [-0.39, 0.29) is 30.8 Å². The zero-order valence-corrected chi connectivity index (χ0v) is 13.6. The van der Waals surface area contributed by atoms with Crippen LogP contribution in [0, 0.1) is 5.92 Å². The number of hydrogen-bond donors (Lipinski definition) is 2. The van der Waals surface area contributed by atoms with Crippen LogP contribution in [0.5, 0.6) is 0 Å². The molecule has 0 aromatic carbocycles. The molecule has 0 bridgehead atoms. The molecule has 5 heteroatoms. The van der Waals surface area contributed by atoms with Gasteiger partial charge in [-0.05, 0) is 37.7 Å². The minimum Gasteiger partial charge on any atom is -0.459 e. The number of amides is 1. The number of rotatable bonds is 7. The summed E-state index contributed by atoms with van der Waals surface area (Å²) in [4.78, 5) is 12.3. The van der Waals surface area contributed by atoms with Crippen molar-refractivity contribution in [2.75, 3.05) is 13.2 Å². The zero-order chi connectivity index (χ0) is 15.8. The summed E-state index contributed by atoms with van der Waals surface area (Å²) < 4.78 is 11.4. The van der Waals surface area contributed by atoms with E-state index in [4.69, 9.17) is 14.6 Å². The lowest BCUT2D eigenvalue weighted by molar-refractivity contribution is -0.149. The second-order valence-electron chi connectivity index (χ2n) is 6.40. The fraction of sp³-hybridized carbons (Fsp3) is 0.824. The van der Waals surface area contributed by atoms with Crippen molar-refractivity contribution >= 4 is 5.91 Å². The summed E-state index contributed by atoms with van der Waals surface area (Å²) in [5, 5.41) is 11.9. The molecule has 1 aliphatic heterocycles. The highest BCUT2D eigenvalue weighted by Gasteiger charge is 2.27. The summed E-state index contributed by atoms with van der Waals surface area (Å²) in [6, 6.07) is 0.284. The summed E-state index contributed by atoms with van der Waals surface area (Å²) in [6.45, 7) is 2.80. The van der Waals surface area contributed by atoms with Crippen LogP contribution in [-0.2, 0) is 14.3 Å². The van der Waals surface area contributed by atoms with Crippen molar-refractivity contribution in [3.8, 4) is 0 Å². The molecule has 2 N–H and O–H groups in total. The van der Waals surface area contributed by atoms with E-state index in [9.17, 15) is 4.79 Å². The molecule has 2 aliphatic rings. The Bertz CT molecular complexity index is 377. The molecule has 126 valence electrons. The molecule has 0 aromatic heterocycles. The average molecular weight is 311 g/mol. The van der Waals surface area contributed by atoms with Gasteiger partial charge in [-0.25, -0.2) is 0 Å². The van der Waals surface area contributed by atoms with E-state index in [2.05, 4.69) is 12.2 Å². The molecule has 1 amide bonds. The standard InChI is InChI=1S/C17H29NO4/c1-13-11-15(17(20)18-14-7-3-2-4-8-14)22-16(12-13)21-10-6-5-9-19/h11,13-14,16,19H,2-10,12H2,1H3,(H,18,20)/t13-,16+/m1/s1. The fourth-order valence-corrected chi connectivity index (χ4v) is 3.02. The predicted molar refractivity (Wildman–Crippen MR) is 84.0 cm³/mol. The van der Waals surface area contributed by atoms with Crippen molar-refractivity contribution in [2.45, 2.75) is 70.6 Å².